The van der Waals surface area contributed by atoms with Crippen molar-refractivity contribution >= 4 is 45.0 Å². The molecule has 1 N–H and O–H groups in total. The zero-order valence-corrected chi connectivity index (χ0v) is 11.9. The Morgan fingerprint density at radius 3 is 2.50 bits per heavy atom. The van der Waals surface area contributed by atoms with Crippen molar-refractivity contribution in [3.63, 3.8) is 0 Å². The minimum absolute atomic E-state index is 0.242. The van der Waals surface area contributed by atoms with Gasteiger partial charge in [0.2, 0.25) is 0 Å². The normalized spacial score (nSPS) is 12.2. The van der Waals surface area contributed by atoms with Crippen molar-refractivity contribution in [1.82, 2.24) is 5.32 Å². The van der Waals surface area contributed by atoms with E-state index >= 15 is 0 Å². The van der Waals surface area contributed by atoms with E-state index < -0.39 is 0 Å². The molecule has 0 radical (unpaired) electrons. The fourth-order valence-electron chi connectivity index (χ4n) is 1.15. The lowest BCUT2D eigenvalue weighted by Gasteiger charge is -2.10. The Bertz CT molecular complexity index is 364. The summed E-state index contributed by atoms with van der Waals surface area (Å²) in [5, 5.41) is 3.51. The number of alkyl halides is 1. The van der Waals surface area contributed by atoms with Gasteiger partial charge in [0.1, 0.15) is 0 Å². The summed E-state index contributed by atoms with van der Waals surface area (Å²) < 4.78 is 0. The molecule has 1 amide bonds. The average Bonchev–Trinajstić information content (AvgIpc) is 2.25. The van der Waals surface area contributed by atoms with Gasteiger partial charge in [0.15, 0.2) is 0 Å². The molecular weight excluding hydrogens is 313 g/mol. The third-order valence-corrected chi connectivity index (χ3v) is 3.72. The fraction of sp³-hybridized carbons (Fsp3) is 0.364. The molecule has 16 heavy (non-hydrogen) atoms. The summed E-state index contributed by atoms with van der Waals surface area (Å²) in [5.41, 5.74) is 0.335. The molecule has 88 valence electrons. The number of amides is 1. The second-order valence-electron chi connectivity index (χ2n) is 3.31. The van der Waals surface area contributed by atoms with E-state index in [2.05, 4.69) is 21.2 Å². The molecule has 0 spiro atoms. The van der Waals surface area contributed by atoms with Gasteiger partial charge >= 0.3 is 0 Å². The fourth-order valence-corrected chi connectivity index (χ4v) is 1.88. The van der Waals surface area contributed by atoms with Crippen molar-refractivity contribution in [2.45, 2.75) is 18.2 Å². The van der Waals surface area contributed by atoms with Crippen LogP contribution in [0.15, 0.2) is 18.2 Å². The summed E-state index contributed by atoms with van der Waals surface area (Å²) in [6.07, 6.45) is 0.941. The van der Waals surface area contributed by atoms with Crippen LogP contribution in [0.5, 0.6) is 0 Å². The van der Waals surface area contributed by atoms with Gasteiger partial charge in [-0.2, -0.15) is 0 Å². The molecule has 0 bridgehead atoms. The van der Waals surface area contributed by atoms with Crippen molar-refractivity contribution in [1.29, 1.82) is 0 Å². The molecule has 1 aromatic rings. The lowest BCUT2D eigenvalue weighted by Crippen LogP contribution is -2.29. The van der Waals surface area contributed by atoms with Crippen LogP contribution in [0, 0.1) is 0 Å². The number of carbonyl (C=O) groups is 1. The zero-order chi connectivity index (χ0) is 12.1. The van der Waals surface area contributed by atoms with Gasteiger partial charge in [-0.1, -0.05) is 52.1 Å². The number of carbonyl (C=O) groups excluding carboxylic acids is 1. The highest BCUT2D eigenvalue weighted by molar-refractivity contribution is 9.09. The van der Waals surface area contributed by atoms with Crippen LogP contribution < -0.4 is 5.32 Å². The monoisotopic (exact) mass is 323 g/mol. The Morgan fingerprint density at radius 1 is 1.44 bits per heavy atom. The van der Waals surface area contributed by atoms with Crippen molar-refractivity contribution < 1.29 is 4.79 Å². The van der Waals surface area contributed by atoms with E-state index in [1.54, 1.807) is 18.2 Å². The van der Waals surface area contributed by atoms with Crippen LogP contribution in [0.25, 0.3) is 0 Å². The summed E-state index contributed by atoms with van der Waals surface area (Å²) >= 11 is 15.3. The molecular formula is C11H12BrCl2NO. The smallest absolute Gasteiger partial charge is 0.254 e. The minimum Gasteiger partial charge on any atom is -0.351 e. The van der Waals surface area contributed by atoms with E-state index in [4.69, 9.17) is 23.2 Å². The summed E-state index contributed by atoms with van der Waals surface area (Å²) in [5.74, 6) is -0.242. The third-order valence-electron chi connectivity index (χ3n) is 2.12. The van der Waals surface area contributed by atoms with Gasteiger partial charge in [-0.05, 0) is 18.6 Å². The molecule has 0 aliphatic carbocycles. The van der Waals surface area contributed by atoms with Crippen molar-refractivity contribution in [2.24, 2.45) is 0 Å². The maximum absolute atomic E-state index is 11.8. The summed E-state index contributed by atoms with van der Waals surface area (Å²) in [7, 11) is 0. The lowest BCUT2D eigenvalue weighted by atomic mass is 10.2. The number of halogens is 3. The predicted molar refractivity (Wildman–Crippen MR) is 71.8 cm³/mol. The summed E-state index contributed by atoms with van der Waals surface area (Å²) in [4.78, 5) is 12.1. The van der Waals surface area contributed by atoms with Crippen LogP contribution in [0.2, 0.25) is 10.0 Å². The van der Waals surface area contributed by atoms with E-state index in [0.29, 0.717) is 22.2 Å². The first-order valence-corrected chi connectivity index (χ1v) is 6.59. The van der Waals surface area contributed by atoms with Crippen LogP contribution in [-0.4, -0.2) is 17.3 Å². The van der Waals surface area contributed by atoms with E-state index in [1.165, 1.54) is 0 Å². The van der Waals surface area contributed by atoms with Crippen LogP contribution in [-0.2, 0) is 0 Å². The molecule has 0 heterocycles. The second kappa shape index (κ2) is 6.48. The van der Waals surface area contributed by atoms with Gasteiger partial charge in [0.05, 0.1) is 15.6 Å². The molecule has 1 rings (SSSR count). The Morgan fingerprint density at radius 2 is 2.00 bits per heavy atom. The number of nitrogens with one attached hydrogen (secondary N) is 1. The van der Waals surface area contributed by atoms with E-state index in [1.807, 2.05) is 6.92 Å². The molecule has 0 aromatic heterocycles. The summed E-state index contributed by atoms with van der Waals surface area (Å²) in [6, 6.07) is 5.00. The molecule has 1 unspecified atom stereocenters. The van der Waals surface area contributed by atoms with Crippen molar-refractivity contribution in [3.8, 4) is 0 Å². The zero-order valence-electron chi connectivity index (χ0n) is 8.77. The van der Waals surface area contributed by atoms with Crippen molar-refractivity contribution in [3.05, 3.63) is 33.8 Å². The number of hydrogen-bond acceptors (Lipinski definition) is 1. The molecule has 1 aromatic carbocycles. The second-order valence-corrected chi connectivity index (χ2v) is 5.42. The molecule has 2 nitrogen and oxygen atoms in total. The molecule has 0 aliphatic heterocycles. The molecule has 0 saturated heterocycles. The van der Waals surface area contributed by atoms with E-state index in [9.17, 15) is 4.79 Å². The van der Waals surface area contributed by atoms with Gasteiger partial charge in [0.25, 0.3) is 5.91 Å². The van der Waals surface area contributed by atoms with Gasteiger partial charge < -0.3 is 5.32 Å². The topological polar surface area (TPSA) is 29.1 Å². The number of benzene rings is 1. The first-order chi connectivity index (χ1) is 7.56. The maximum Gasteiger partial charge on any atom is 0.254 e. The highest BCUT2D eigenvalue weighted by Gasteiger charge is 2.14. The SMILES string of the molecule is CCC(Br)CNC(=O)c1c(Cl)cccc1Cl. The predicted octanol–water partition coefficient (Wildman–Crippen LogP) is 3.90. The Balaban J connectivity index is 2.73. The van der Waals surface area contributed by atoms with Crippen LogP contribution in [0.4, 0.5) is 0 Å². The van der Waals surface area contributed by atoms with Gasteiger partial charge in [-0.3, -0.25) is 4.79 Å². The Hall–Kier alpha value is -0.250. The minimum atomic E-state index is -0.242. The largest absolute Gasteiger partial charge is 0.351 e. The molecule has 1 atom stereocenters. The van der Waals surface area contributed by atoms with Crippen LogP contribution in [0.1, 0.15) is 23.7 Å². The van der Waals surface area contributed by atoms with E-state index in [-0.39, 0.29) is 10.7 Å². The lowest BCUT2D eigenvalue weighted by molar-refractivity contribution is 0.0954. The van der Waals surface area contributed by atoms with Crippen LogP contribution in [0.3, 0.4) is 0 Å². The molecule has 5 heteroatoms. The molecule has 0 fully saturated rings. The average molecular weight is 325 g/mol. The first kappa shape index (κ1) is 13.8. The van der Waals surface area contributed by atoms with Gasteiger partial charge in [0, 0.05) is 11.4 Å². The van der Waals surface area contributed by atoms with Crippen molar-refractivity contribution in [2.75, 3.05) is 6.54 Å². The molecule has 0 aliphatic rings. The van der Waals surface area contributed by atoms with Crippen LogP contribution >= 0.6 is 39.1 Å². The van der Waals surface area contributed by atoms with Gasteiger partial charge in [-0.15, -0.1) is 0 Å². The number of rotatable bonds is 4. The third kappa shape index (κ3) is 3.65. The number of hydrogen-bond donors (Lipinski definition) is 1. The highest BCUT2D eigenvalue weighted by Crippen LogP contribution is 2.23. The Kier molecular flexibility index (Phi) is 5.59. The molecule has 0 saturated carbocycles. The first-order valence-electron chi connectivity index (χ1n) is 4.92. The Labute approximate surface area is 113 Å². The quantitative estimate of drug-likeness (QED) is 0.836. The summed E-state index contributed by atoms with van der Waals surface area (Å²) in [6.45, 7) is 2.59. The van der Waals surface area contributed by atoms with E-state index in [0.717, 1.165) is 6.42 Å². The standard InChI is InChI=1S/C11H12BrCl2NO/c1-2-7(12)6-15-11(16)10-8(13)4-3-5-9(10)14/h3-5,7H,2,6H2,1H3,(H,15,16). The highest BCUT2D eigenvalue weighted by atomic mass is 79.9. The maximum atomic E-state index is 11.8. The van der Waals surface area contributed by atoms with Gasteiger partial charge in [-0.25, -0.2) is 0 Å².